The van der Waals surface area contributed by atoms with E-state index in [1.807, 2.05) is 81.8 Å². The van der Waals surface area contributed by atoms with Crippen LogP contribution in [-0.4, -0.2) is 48.5 Å². The summed E-state index contributed by atoms with van der Waals surface area (Å²) in [4.78, 5) is 31.4. The normalized spacial score (nSPS) is 12.2. The van der Waals surface area contributed by atoms with Crippen LogP contribution < -0.4 is 16.1 Å². The molecule has 0 radical (unpaired) electrons. The highest BCUT2D eigenvalue weighted by Gasteiger charge is 2.29. The molecule has 0 saturated heterocycles. The van der Waals surface area contributed by atoms with E-state index in [2.05, 4.69) is 27.5 Å². The molecule has 0 aliphatic heterocycles. The lowest BCUT2D eigenvalue weighted by molar-refractivity contribution is -0.129. The number of hydrogen-bond donors (Lipinski definition) is 4. The molecule has 1 heterocycles. The number of hydrogen-bond acceptors (Lipinski definition) is 5. The lowest BCUT2D eigenvalue weighted by Crippen LogP contribution is -2.43. The van der Waals surface area contributed by atoms with Gasteiger partial charge in [-0.15, -0.1) is 0 Å². The maximum Gasteiger partial charge on any atom is 0.239 e. The summed E-state index contributed by atoms with van der Waals surface area (Å²) < 4.78 is 0. The van der Waals surface area contributed by atoms with Crippen molar-refractivity contribution in [2.24, 2.45) is 22.7 Å². The third-order valence-corrected chi connectivity index (χ3v) is 5.51. The smallest absolute Gasteiger partial charge is 0.239 e. The Labute approximate surface area is 220 Å². The molecule has 0 aliphatic carbocycles. The Morgan fingerprint density at radius 2 is 1.75 bits per heavy atom. The molecular formula is C27H42ClN5O3. The summed E-state index contributed by atoms with van der Waals surface area (Å²) in [6, 6.07) is 13.7. The molecule has 1 aromatic carbocycles. The second-order valence-corrected chi connectivity index (χ2v) is 9.04. The van der Waals surface area contributed by atoms with Gasteiger partial charge in [0.2, 0.25) is 11.8 Å². The Hall–Kier alpha value is -2.97. The number of nitrogens with zero attached hydrogens (tertiary/aromatic N) is 2. The van der Waals surface area contributed by atoms with Crippen molar-refractivity contribution in [2.75, 3.05) is 20.6 Å². The third kappa shape index (κ3) is 14.4. The Balaban J connectivity index is 0.000000616. The number of carbonyl (C=O) groups is 2. The van der Waals surface area contributed by atoms with Crippen LogP contribution in [0.4, 0.5) is 0 Å². The molecule has 4 N–H and O–H groups in total. The number of aryl methyl sites for hydroxylation is 2. The number of rotatable bonds is 8. The summed E-state index contributed by atoms with van der Waals surface area (Å²) in [6.07, 6.45) is 3.49. The van der Waals surface area contributed by atoms with E-state index in [0.29, 0.717) is 18.2 Å². The van der Waals surface area contributed by atoms with Crippen LogP contribution in [0.2, 0.25) is 5.02 Å². The van der Waals surface area contributed by atoms with Gasteiger partial charge < -0.3 is 10.6 Å². The summed E-state index contributed by atoms with van der Waals surface area (Å²) in [5.41, 5.74) is 4.43. The summed E-state index contributed by atoms with van der Waals surface area (Å²) in [6.45, 7) is 9.93. The first-order chi connectivity index (χ1) is 17.1. The van der Waals surface area contributed by atoms with Gasteiger partial charge in [-0.2, -0.15) is 0 Å². The van der Waals surface area contributed by atoms with Crippen LogP contribution in [0.1, 0.15) is 45.4 Å². The third-order valence-electron chi connectivity index (χ3n) is 5.25. The van der Waals surface area contributed by atoms with Crippen molar-refractivity contribution >= 4 is 29.3 Å². The highest BCUT2D eigenvalue weighted by Crippen LogP contribution is 2.21. The number of hydroxylamine groups is 1. The maximum atomic E-state index is 12.2. The highest BCUT2D eigenvalue weighted by atomic mass is 35.5. The predicted molar refractivity (Wildman–Crippen MR) is 147 cm³/mol. The Kier molecular flexibility index (Phi) is 17.7. The van der Waals surface area contributed by atoms with Crippen LogP contribution in [-0.2, 0) is 16.0 Å². The van der Waals surface area contributed by atoms with Crippen LogP contribution in [0.25, 0.3) is 0 Å². The average molecular weight is 520 g/mol. The van der Waals surface area contributed by atoms with Gasteiger partial charge in [0.15, 0.2) is 0 Å². The number of halogens is 1. The quantitative estimate of drug-likeness (QED) is 0.234. The van der Waals surface area contributed by atoms with Crippen LogP contribution in [0.15, 0.2) is 53.7 Å². The van der Waals surface area contributed by atoms with Crippen molar-refractivity contribution in [3.63, 3.8) is 0 Å². The Morgan fingerprint density at radius 3 is 2.14 bits per heavy atom. The molecule has 2 amide bonds. The minimum Gasteiger partial charge on any atom is -0.358 e. The minimum atomic E-state index is -0.363. The molecule has 1 aromatic heterocycles. The molecule has 0 saturated carbocycles. The molecule has 2 rings (SSSR count). The molecule has 200 valence electrons. The summed E-state index contributed by atoms with van der Waals surface area (Å²) in [5.74, 6) is -0.434. The zero-order valence-electron chi connectivity index (χ0n) is 22.5. The van der Waals surface area contributed by atoms with Crippen molar-refractivity contribution in [3.8, 4) is 0 Å². The number of benzene rings is 1. The molecule has 9 heteroatoms. The Morgan fingerprint density at radius 1 is 1.11 bits per heavy atom. The van der Waals surface area contributed by atoms with E-state index in [4.69, 9.17) is 16.8 Å². The van der Waals surface area contributed by atoms with Gasteiger partial charge in [-0.1, -0.05) is 63.1 Å². The molecule has 0 aliphatic rings. The summed E-state index contributed by atoms with van der Waals surface area (Å²) in [7, 11) is 3.06. The number of aliphatic imine (C=N–C) groups is 1. The first-order valence-electron chi connectivity index (χ1n) is 12.1. The topological polar surface area (TPSA) is 116 Å². The number of likely N-dealkylation sites (N-methyl/N-ethyl adjacent to an activating group) is 1. The van der Waals surface area contributed by atoms with E-state index >= 15 is 0 Å². The van der Waals surface area contributed by atoms with Gasteiger partial charge in [-0.05, 0) is 49.9 Å². The van der Waals surface area contributed by atoms with Crippen molar-refractivity contribution in [1.29, 1.82) is 0 Å². The number of pyridine rings is 1. The van der Waals surface area contributed by atoms with E-state index in [1.54, 1.807) is 7.05 Å². The van der Waals surface area contributed by atoms with Gasteiger partial charge in [0, 0.05) is 42.8 Å². The fourth-order valence-electron chi connectivity index (χ4n) is 3.12. The van der Waals surface area contributed by atoms with Crippen molar-refractivity contribution < 1.29 is 14.8 Å². The van der Waals surface area contributed by atoms with E-state index < -0.39 is 0 Å². The fraction of sp³-hybridized carbons (Fsp3) is 0.481. The molecule has 2 aromatic rings. The van der Waals surface area contributed by atoms with E-state index in [-0.39, 0.29) is 30.2 Å². The highest BCUT2D eigenvalue weighted by molar-refractivity contribution is 6.30. The van der Waals surface area contributed by atoms with E-state index in [1.165, 1.54) is 12.6 Å². The number of amides is 2. The van der Waals surface area contributed by atoms with E-state index in [9.17, 15) is 9.59 Å². The first-order valence-corrected chi connectivity index (χ1v) is 12.4. The zero-order chi connectivity index (χ0) is 27.5. The van der Waals surface area contributed by atoms with Gasteiger partial charge >= 0.3 is 0 Å². The van der Waals surface area contributed by atoms with Gasteiger partial charge in [0.05, 0.1) is 6.54 Å². The van der Waals surface area contributed by atoms with Crippen LogP contribution in [0.5, 0.6) is 0 Å². The monoisotopic (exact) mass is 519 g/mol. The lowest BCUT2D eigenvalue weighted by Gasteiger charge is -2.25. The van der Waals surface area contributed by atoms with Gasteiger partial charge in [-0.3, -0.25) is 30.3 Å². The SMILES string of the molecule is CCc1ccccn1.CN=C(NO)[C@H](C)[C@@H](CC(C)C)C(=O)NCC(=O)NC.Cc1ccc(Cl)cc1. The second-order valence-electron chi connectivity index (χ2n) is 8.61. The molecule has 0 spiro atoms. The van der Waals surface area contributed by atoms with Crippen LogP contribution in [0, 0.1) is 24.7 Å². The minimum absolute atomic E-state index is 0.0538. The molecule has 8 nitrogen and oxygen atoms in total. The van der Waals surface area contributed by atoms with Crippen molar-refractivity contribution in [2.45, 2.75) is 47.5 Å². The average Bonchev–Trinajstić information content (AvgIpc) is 2.89. The summed E-state index contributed by atoms with van der Waals surface area (Å²) in [5, 5.41) is 14.9. The van der Waals surface area contributed by atoms with E-state index in [0.717, 1.165) is 17.1 Å². The number of nitrogens with one attached hydrogen (secondary N) is 3. The molecular weight excluding hydrogens is 478 g/mol. The van der Waals surface area contributed by atoms with Gasteiger partial charge in [-0.25, -0.2) is 0 Å². The summed E-state index contributed by atoms with van der Waals surface area (Å²) >= 11 is 5.61. The predicted octanol–water partition coefficient (Wildman–Crippen LogP) is 4.45. The largest absolute Gasteiger partial charge is 0.358 e. The lowest BCUT2D eigenvalue weighted by atomic mass is 9.85. The molecule has 0 unspecified atom stereocenters. The zero-order valence-corrected chi connectivity index (χ0v) is 23.3. The van der Waals surface area contributed by atoms with Gasteiger partial charge in [0.1, 0.15) is 5.84 Å². The number of amidine groups is 1. The molecule has 36 heavy (non-hydrogen) atoms. The number of aromatic nitrogens is 1. The van der Waals surface area contributed by atoms with Crippen molar-refractivity contribution in [3.05, 3.63) is 64.9 Å². The Bertz CT molecular complexity index is 884. The molecule has 2 atom stereocenters. The first kappa shape index (κ1) is 33.0. The molecule has 0 fully saturated rings. The van der Waals surface area contributed by atoms with Crippen LogP contribution >= 0.6 is 11.6 Å². The maximum absolute atomic E-state index is 12.2. The number of carbonyl (C=O) groups excluding carboxylic acids is 2. The standard InChI is InChI=1S/C13H26N4O3.C7H7Cl.C7H9N/c1-8(2)6-10(9(3)12(15-5)17-20)13(19)16-7-11(18)14-4;1-6-2-4-7(8)5-3-6;1-2-7-5-3-4-6-8-7/h8-10,20H,6-7H2,1-5H3,(H,14,18)(H,15,17)(H,16,19);2-5H,1H3;3-6H,2H2,1H3/t9-,10-;;/m1../s1. The van der Waals surface area contributed by atoms with Gasteiger partial charge in [0.25, 0.3) is 0 Å². The molecule has 0 bridgehead atoms. The van der Waals surface area contributed by atoms with Crippen molar-refractivity contribution in [1.82, 2.24) is 21.1 Å². The second kappa shape index (κ2) is 19.2. The van der Waals surface area contributed by atoms with Crippen LogP contribution in [0.3, 0.4) is 0 Å². The fourth-order valence-corrected chi connectivity index (χ4v) is 3.25.